The van der Waals surface area contributed by atoms with Crippen molar-refractivity contribution in [3.63, 3.8) is 0 Å². The van der Waals surface area contributed by atoms with Crippen LogP contribution in [0.5, 0.6) is 0 Å². The van der Waals surface area contributed by atoms with Crippen LogP contribution in [-0.4, -0.2) is 54.9 Å². The summed E-state index contributed by atoms with van der Waals surface area (Å²) in [5, 5.41) is 0. The van der Waals surface area contributed by atoms with Crippen LogP contribution in [0.3, 0.4) is 0 Å². The quantitative estimate of drug-likeness (QED) is 0.287. The van der Waals surface area contributed by atoms with Crippen LogP contribution in [0.4, 0.5) is 0 Å². The molecule has 1 saturated carbocycles. The van der Waals surface area contributed by atoms with E-state index >= 15 is 0 Å². The summed E-state index contributed by atoms with van der Waals surface area (Å²) in [7, 11) is 0. The van der Waals surface area contributed by atoms with Gasteiger partial charge in [-0.2, -0.15) is 4.21 Å². The fourth-order valence-corrected chi connectivity index (χ4v) is 1.15. The van der Waals surface area contributed by atoms with Gasteiger partial charge in [-0.15, -0.1) is 0 Å². The Morgan fingerprint density at radius 1 is 1.36 bits per heavy atom. The van der Waals surface area contributed by atoms with Gasteiger partial charge in [-0.3, -0.25) is 13.9 Å². The van der Waals surface area contributed by atoms with E-state index in [-0.39, 0.29) is 41.3 Å². The van der Waals surface area contributed by atoms with Crippen LogP contribution in [0.2, 0.25) is 0 Å². The van der Waals surface area contributed by atoms with Crippen LogP contribution >= 0.6 is 0 Å². The first-order valence-corrected chi connectivity index (χ1v) is 4.92. The molecule has 1 atom stereocenters. The Labute approximate surface area is 107 Å². The summed E-state index contributed by atoms with van der Waals surface area (Å²) in [6.45, 7) is 0. The zero-order valence-corrected chi connectivity index (χ0v) is 7.83. The molecular formula is C7H13NaO5S. The number of rotatable bonds is 1. The molecule has 0 aliphatic heterocycles. The van der Waals surface area contributed by atoms with Crippen LogP contribution in [0.1, 0.15) is 25.7 Å². The molecule has 78 valence electrons. The molecule has 1 rings (SSSR count). The zero-order chi connectivity index (χ0) is 10.3. The second-order valence-corrected chi connectivity index (χ2v) is 3.15. The summed E-state index contributed by atoms with van der Waals surface area (Å²) in [6, 6.07) is 0. The van der Waals surface area contributed by atoms with Gasteiger partial charge >= 0.3 is 29.6 Å². The fraction of sp³-hybridized carbons (Fsp3) is 0.714. The fourth-order valence-electron chi connectivity index (χ4n) is 1.15. The second-order valence-electron chi connectivity index (χ2n) is 2.69. The van der Waals surface area contributed by atoms with Gasteiger partial charge < -0.3 is 4.79 Å². The van der Waals surface area contributed by atoms with E-state index in [1.54, 1.807) is 0 Å². The Hall–Kier alpha value is 0.410. The Kier molecular flexibility index (Phi) is 12.0. The molecular weight excluding hydrogens is 219 g/mol. The molecule has 0 bridgehead atoms. The van der Waals surface area contributed by atoms with Gasteiger partial charge in [0.1, 0.15) is 12.1 Å². The molecule has 0 radical (unpaired) electrons. The summed E-state index contributed by atoms with van der Waals surface area (Å²) in [6.07, 6.45) is 4.19. The molecule has 2 N–H and O–H groups in total. The maximum absolute atomic E-state index is 10.8. The normalized spacial score (nSPS) is 20.5. The summed E-state index contributed by atoms with van der Waals surface area (Å²) in [5.74, 6) is -0.130. The van der Waals surface area contributed by atoms with Gasteiger partial charge in [0.25, 0.3) is 11.4 Å². The number of ketones is 1. The van der Waals surface area contributed by atoms with Crippen molar-refractivity contribution < 1.29 is 22.9 Å². The van der Waals surface area contributed by atoms with Crippen molar-refractivity contribution in [1.82, 2.24) is 0 Å². The van der Waals surface area contributed by atoms with E-state index in [4.69, 9.17) is 13.3 Å². The van der Waals surface area contributed by atoms with Gasteiger partial charge in [0.15, 0.2) is 0 Å². The first kappa shape index (κ1) is 16.8. The predicted molar refractivity (Wildman–Crippen MR) is 53.6 cm³/mol. The van der Waals surface area contributed by atoms with Gasteiger partial charge in [-0.05, 0) is 12.8 Å². The molecule has 0 heterocycles. The van der Waals surface area contributed by atoms with E-state index in [1.807, 2.05) is 0 Å². The molecule has 0 amide bonds. The topological polar surface area (TPSA) is 91.7 Å². The van der Waals surface area contributed by atoms with E-state index in [0.29, 0.717) is 6.42 Å². The monoisotopic (exact) mass is 232 g/mol. The van der Waals surface area contributed by atoms with Crippen LogP contribution in [0, 0.1) is 5.92 Å². The van der Waals surface area contributed by atoms with Crippen LogP contribution in [-0.2, 0) is 21.0 Å². The van der Waals surface area contributed by atoms with Gasteiger partial charge in [-0.25, -0.2) is 0 Å². The molecule has 0 saturated heterocycles. The summed E-state index contributed by atoms with van der Waals surface area (Å²) >= 11 is -2.61. The average molecular weight is 232 g/mol. The van der Waals surface area contributed by atoms with Gasteiger partial charge in [0, 0.05) is 6.42 Å². The van der Waals surface area contributed by atoms with Crippen molar-refractivity contribution in [2.75, 3.05) is 0 Å². The van der Waals surface area contributed by atoms with Crippen LogP contribution in [0.15, 0.2) is 0 Å². The molecule has 1 unspecified atom stereocenters. The summed E-state index contributed by atoms with van der Waals surface area (Å²) < 4.78 is 22.8. The molecule has 0 aromatic rings. The first-order valence-electron chi connectivity index (χ1n) is 3.86. The molecule has 1 aliphatic rings. The first-order chi connectivity index (χ1) is 6.07. The van der Waals surface area contributed by atoms with Crippen LogP contribution in [0.25, 0.3) is 0 Å². The Balaban J connectivity index is 0. The van der Waals surface area contributed by atoms with Gasteiger partial charge in [-0.1, -0.05) is 6.42 Å². The molecule has 5 nitrogen and oxygen atoms in total. The number of carbonyl (C=O) groups is 2. The van der Waals surface area contributed by atoms with Crippen molar-refractivity contribution in [2.24, 2.45) is 5.92 Å². The van der Waals surface area contributed by atoms with E-state index in [2.05, 4.69) is 0 Å². The van der Waals surface area contributed by atoms with Gasteiger partial charge in [0.05, 0.1) is 5.92 Å². The van der Waals surface area contributed by atoms with E-state index in [1.165, 1.54) is 0 Å². The Morgan fingerprint density at radius 2 is 1.86 bits per heavy atom. The Bertz CT molecular complexity index is 204. The predicted octanol–water partition coefficient (Wildman–Crippen LogP) is -0.0228. The molecule has 1 fully saturated rings. The third-order valence-electron chi connectivity index (χ3n) is 1.77. The van der Waals surface area contributed by atoms with Crippen molar-refractivity contribution in [1.29, 1.82) is 0 Å². The Morgan fingerprint density at radius 3 is 2.14 bits per heavy atom. The molecule has 1 aliphatic carbocycles. The minimum absolute atomic E-state index is 0. The van der Waals surface area contributed by atoms with Crippen molar-refractivity contribution in [3.05, 3.63) is 0 Å². The molecule has 0 aromatic carbocycles. The standard InChI is InChI=1S/C7H10O2.Na.H2O3S.H/c8-5-6-3-1-2-4-7(6)9;;1-4(2)3;/h5-6H,1-4H2;;(H2,1,2,3);. The zero-order valence-electron chi connectivity index (χ0n) is 7.01. The minimum atomic E-state index is -2.61. The van der Waals surface area contributed by atoms with E-state index in [9.17, 15) is 9.59 Å². The van der Waals surface area contributed by atoms with E-state index in [0.717, 1.165) is 25.5 Å². The van der Waals surface area contributed by atoms with Crippen molar-refractivity contribution >= 4 is 53.0 Å². The molecule has 0 aromatic heterocycles. The molecule has 7 heteroatoms. The molecule has 14 heavy (non-hydrogen) atoms. The number of hydrogen-bond donors (Lipinski definition) is 2. The second kappa shape index (κ2) is 9.95. The molecule has 0 spiro atoms. The number of Topliss-reactive ketones (excluding diaryl/α,β-unsaturated/α-hetero) is 1. The number of aldehydes is 1. The summed E-state index contributed by atoms with van der Waals surface area (Å²) in [4.78, 5) is 20.9. The van der Waals surface area contributed by atoms with Crippen molar-refractivity contribution in [3.8, 4) is 0 Å². The number of hydrogen-bond acceptors (Lipinski definition) is 3. The average Bonchev–Trinajstić information content (AvgIpc) is 2.04. The van der Waals surface area contributed by atoms with Crippen LogP contribution < -0.4 is 0 Å². The third-order valence-corrected chi connectivity index (χ3v) is 1.77. The summed E-state index contributed by atoms with van der Waals surface area (Å²) in [5.41, 5.74) is 0. The maximum atomic E-state index is 10.8. The van der Waals surface area contributed by atoms with Gasteiger partial charge in [0.2, 0.25) is 0 Å². The number of carbonyl (C=O) groups excluding carboxylic acids is 2. The van der Waals surface area contributed by atoms with Crippen molar-refractivity contribution in [2.45, 2.75) is 25.7 Å². The SMILES string of the molecule is O=CC1CCCCC1=O.O=S(O)O.[NaH]. The third kappa shape index (κ3) is 8.98. The van der Waals surface area contributed by atoms with E-state index < -0.39 is 11.4 Å².